The Labute approximate surface area is 130 Å². The zero-order valence-electron chi connectivity index (χ0n) is 12.2. The van der Waals surface area contributed by atoms with E-state index in [-0.39, 0.29) is 6.16 Å². The Bertz CT molecular complexity index is 607. The van der Waals surface area contributed by atoms with Gasteiger partial charge in [0.2, 0.25) is 6.16 Å². The molecule has 0 spiro atoms. The van der Waals surface area contributed by atoms with Crippen molar-refractivity contribution in [2.45, 2.75) is 25.2 Å². The van der Waals surface area contributed by atoms with Crippen LogP contribution in [0, 0.1) is 0 Å². The number of rotatable bonds is 8. The number of aliphatic hydroxyl groups is 1. The maximum absolute atomic E-state index is 10.9. The van der Waals surface area contributed by atoms with Crippen LogP contribution in [0.3, 0.4) is 0 Å². The SMILES string of the molecule is O=[P+](O)Cc1cccc(C[C@H](O)CNCc2ccccn2)c1. The van der Waals surface area contributed by atoms with E-state index in [0.29, 0.717) is 19.5 Å². The first-order valence-corrected chi connectivity index (χ1v) is 8.53. The van der Waals surface area contributed by atoms with Crippen molar-refractivity contribution in [3.05, 3.63) is 65.5 Å². The summed E-state index contributed by atoms with van der Waals surface area (Å²) in [5.41, 5.74) is 2.71. The normalized spacial score (nSPS) is 12.9. The Balaban J connectivity index is 1.79. The van der Waals surface area contributed by atoms with Crippen molar-refractivity contribution in [2.24, 2.45) is 0 Å². The van der Waals surface area contributed by atoms with Crippen LogP contribution >= 0.6 is 8.03 Å². The van der Waals surface area contributed by atoms with E-state index in [1.54, 1.807) is 6.20 Å². The van der Waals surface area contributed by atoms with Gasteiger partial charge in [-0.1, -0.05) is 30.3 Å². The molecule has 116 valence electrons. The molecule has 0 amide bonds. The van der Waals surface area contributed by atoms with Crippen LogP contribution in [-0.4, -0.2) is 27.6 Å². The summed E-state index contributed by atoms with van der Waals surface area (Å²) in [7, 11) is -2.18. The number of hydrogen-bond acceptors (Lipinski definition) is 4. The summed E-state index contributed by atoms with van der Waals surface area (Å²) in [6.45, 7) is 1.08. The number of aliphatic hydroxyl groups excluding tert-OH is 1. The fourth-order valence-electron chi connectivity index (χ4n) is 2.22. The van der Waals surface area contributed by atoms with Crippen molar-refractivity contribution in [1.29, 1.82) is 0 Å². The van der Waals surface area contributed by atoms with Gasteiger partial charge in [0.05, 0.1) is 11.8 Å². The summed E-state index contributed by atoms with van der Waals surface area (Å²) in [4.78, 5) is 13.2. The van der Waals surface area contributed by atoms with Crippen molar-refractivity contribution in [1.82, 2.24) is 10.3 Å². The van der Waals surface area contributed by atoms with Crippen LogP contribution < -0.4 is 5.32 Å². The van der Waals surface area contributed by atoms with E-state index in [0.717, 1.165) is 16.8 Å². The predicted molar refractivity (Wildman–Crippen MR) is 85.6 cm³/mol. The standard InChI is InChI=1S/C16H19N2O3P/c19-16(11-17-10-15-6-1-2-7-18-15)9-13-4-3-5-14(8-13)12-22(20)21/h1-8,16-17,19H,9-12H2/p+1/t16-/m0/s1. The second kappa shape index (κ2) is 8.71. The monoisotopic (exact) mass is 319 g/mol. The van der Waals surface area contributed by atoms with E-state index in [4.69, 9.17) is 4.89 Å². The first-order chi connectivity index (χ1) is 10.6. The second-order valence-corrected chi connectivity index (χ2v) is 6.16. The van der Waals surface area contributed by atoms with Gasteiger partial charge < -0.3 is 10.4 Å². The fraction of sp³-hybridized carbons (Fsp3) is 0.312. The third-order valence-electron chi connectivity index (χ3n) is 3.19. The maximum Gasteiger partial charge on any atom is 0.510 e. The molecule has 1 aromatic carbocycles. The highest BCUT2D eigenvalue weighted by molar-refractivity contribution is 7.37. The lowest BCUT2D eigenvalue weighted by molar-refractivity contribution is 0.171. The molecule has 0 aliphatic rings. The number of nitrogens with one attached hydrogen (secondary N) is 1. The third kappa shape index (κ3) is 6.00. The lowest BCUT2D eigenvalue weighted by atomic mass is 10.1. The molecular weight excluding hydrogens is 299 g/mol. The van der Waals surface area contributed by atoms with Crippen LogP contribution in [0.25, 0.3) is 0 Å². The molecule has 0 fully saturated rings. The summed E-state index contributed by atoms with van der Waals surface area (Å²) in [5.74, 6) is 0. The molecule has 0 radical (unpaired) electrons. The second-order valence-electron chi connectivity index (χ2n) is 5.14. The molecule has 0 bridgehead atoms. The summed E-state index contributed by atoms with van der Waals surface area (Å²) in [6.07, 6.45) is 1.88. The van der Waals surface area contributed by atoms with Gasteiger partial charge in [0.1, 0.15) is 0 Å². The van der Waals surface area contributed by atoms with Gasteiger partial charge in [-0.05, 0) is 28.7 Å². The maximum atomic E-state index is 10.9. The highest BCUT2D eigenvalue weighted by Gasteiger charge is 2.12. The van der Waals surface area contributed by atoms with E-state index in [2.05, 4.69) is 10.3 Å². The Hall–Kier alpha value is -1.65. The van der Waals surface area contributed by atoms with Gasteiger partial charge in [0.25, 0.3) is 0 Å². The lowest BCUT2D eigenvalue weighted by Gasteiger charge is -2.12. The summed E-state index contributed by atoms with van der Waals surface area (Å²) < 4.78 is 10.9. The van der Waals surface area contributed by atoms with Crippen molar-refractivity contribution < 1.29 is 14.6 Å². The summed E-state index contributed by atoms with van der Waals surface area (Å²) in [6, 6.07) is 13.2. The summed E-state index contributed by atoms with van der Waals surface area (Å²) in [5, 5.41) is 13.2. The molecular formula is C16H20N2O3P+. The molecule has 1 heterocycles. The minimum Gasteiger partial charge on any atom is -0.391 e. The van der Waals surface area contributed by atoms with Gasteiger partial charge in [0.15, 0.2) is 0 Å². The molecule has 3 N–H and O–H groups in total. The van der Waals surface area contributed by atoms with Crippen LogP contribution in [0.5, 0.6) is 0 Å². The van der Waals surface area contributed by atoms with Gasteiger partial charge in [-0.25, -0.2) is 0 Å². The molecule has 1 aromatic heterocycles. The van der Waals surface area contributed by atoms with E-state index in [1.165, 1.54) is 0 Å². The Kier molecular flexibility index (Phi) is 6.62. The minimum atomic E-state index is -2.18. The Morgan fingerprint density at radius 3 is 2.73 bits per heavy atom. The van der Waals surface area contributed by atoms with Gasteiger partial charge >= 0.3 is 8.03 Å². The number of pyridine rings is 1. The molecule has 2 atom stereocenters. The lowest BCUT2D eigenvalue weighted by Crippen LogP contribution is -2.28. The fourth-order valence-corrected chi connectivity index (χ4v) is 2.73. The Morgan fingerprint density at radius 1 is 1.18 bits per heavy atom. The molecule has 5 nitrogen and oxygen atoms in total. The average Bonchev–Trinajstić information content (AvgIpc) is 2.48. The molecule has 6 heteroatoms. The smallest absolute Gasteiger partial charge is 0.391 e. The van der Waals surface area contributed by atoms with E-state index < -0.39 is 14.1 Å². The highest BCUT2D eigenvalue weighted by Crippen LogP contribution is 2.21. The topological polar surface area (TPSA) is 82.5 Å². The van der Waals surface area contributed by atoms with Crippen molar-refractivity contribution in [3.8, 4) is 0 Å². The van der Waals surface area contributed by atoms with Crippen molar-refractivity contribution in [3.63, 3.8) is 0 Å². The van der Waals surface area contributed by atoms with Gasteiger partial charge in [0, 0.05) is 24.8 Å². The van der Waals surface area contributed by atoms with Gasteiger partial charge in [-0.15, -0.1) is 0 Å². The quantitative estimate of drug-likeness (QED) is 0.648. The minimum absolute atomic E-state index is 0.150. The van der Waals surface area contributed by atoms with Crippen molar-refractivity contribution >= 4 is 8.03 Å². The molecule has 1 unspecified atom stereocenters. The largest absolute Gasteiger partial charge is 0.510 e. The van der Waals surface area contributed by atoms with E-state index >= 15 is 0 Å². The van der Waals surface area contributed by atoms with Crippen LogP contribution in [0.4, 0.5) is 0 Å². The summed E-state index contributed by atoms with van der Waals surface area (Å²) >= 11 is 0. The van der Waals surface area contributed by atoms with Gasteiger partial charge in [-0.3, -0.25) is 4.98 Å². The van der Waals surface area contributed by atoms with E-state index in [9.17, 15) is 9.67 Å². The molecule has 22 heavy (non-hydrogen) atoms. The van der Waals surface area contributed by atoms with Gasteiger partial charge in [-0.2, -0.15) is 4.89 Å². The molecule has 2 rings (SSSR count). The number of nitrogens with zero attached hydrogens (tertiary/aromatic N) is 1. The first-order valence-electron chi connectivity index (χ1n) is 7.13. The predicted octanol–water partition coefficient (Wildman–Crippen LogP) is 2.01. The van der Waals surface area contributed by atoms with Crippen LogP contribution in [0.15, 0.2) is 48.7 Å². The molecule has 2 aromatic rings. The molecule has 0 saturated heterocycles. The van der Waals surface area contributed by atoms with Crippen molar-refractivity contribution in [2.75, 3.05) is 6.54 Å². The van der Waals surface area contributed by atoms with Crippen LogP contribution in [-0.2, 0) is 23.7 Å². The molecule has 0 aliphatic carbocycles. The average molecular weight is 319 g/mol. The third-order valence-corrected chi connectivity index (χ3v) is 3.83. The molecule has 0 saturated carbocycles. The zero-order valence-corrected chi connectivity index (χ0v) is 13.1. The highest BCUT2D eigenvalue weighted by atomic mass is 31.1. The Morgan fingerprint density at radius 2 is 2.00 bits per heavy atom. The first kappa shape index (κ1) is 16.7. The number of aromatic nitrogens is 1. The zero-order chi connectivity index (χ0) is 15.8. The number of hydrogen-bond donors (Lipinski definition) is 3. The van der Waals surface area contributed by atoms with E-state index in [1.807, 2.05) is 42.5 Å². The van der Waals surface area contributed by atoms with Crippen LogP contribution in [0.2, 0.25) is 0 Å². The number of benzene rings is 1. The molecule has 0 aliphatic heterocycles. The van der Waals surface area contributed by atoms with Crippen LogP contribution in [0.1, 0.15) is 16.8 Å².